The number of nitrogens with zero attached hydrogens (tertiary/aromatic N) is 4. The molecule has 1 amide bonds. The molecule has 2 unspecified atom stereocenters. The number of aryl methyl sites for hydroxylation is 2. The molecule has 0 radical (unpaired) electrons. The molecule has 1 saturated heterocycles. The van der Waals surface area contributed by atoms with Gasteiger partial charge in [-0.05, 0) is 45.4 Å². The van der Waals surface area contributed by atoms with Gasteiger partial charge in [-0.3, -0.25) is 9.79 Å². The quantitative estimate of drug-likeness (QED) is 0.652. The zero-order valence-corrected chi connectivity index (χ0v) is 18.1. The van der Waals surface area contributed by atoms with Crippen molar-refractivity contribution in [1.82, 2.24) is 19.9 Å². The van der Waals surface area contributed by atoms with Gasteiger partial charge in [-0.1, -0.05) is 12.1 Å². The smallest absolute Gasteiger partial charge is 0.241 e. The summed E-state index contributed by atoms with van der Waals surface area (Å²) in [6.07, 6.45) is 2.09. The minimum absolute atomic E-state index is 0.0711. The number of amides is 1. The molecular formula is C23H27N5O2. The molecule has 3 heterocycles. The number of carbonyl (C=O) groups excluding carboxylic acids is 1. The van der Waals surface area contributed by atoms with E-state index in [2.05, 4.69) is 21.4 Å². The Morgan fingerprint density at radius 1 is 1.33 bits per heavy atom. The van der Waals surface area contributed by atoms with Crippen molar-refractivity contribution in [3.05, 3.63) is 36.2 Å². The number of aliphatic imine (C=N–C) groups is 1. The largest absolute Gasteiger partial charge is 0.473 e. The maximum Gasteiger partial charge on any atom is 0.241 e. The van der Waals surface area contributed by atoms with Crippen LogP contribution in [0.15, 0.2) is 35.6 Å². The van der Waals surface area contributed by atoms with Gasteiger partial charge in [0.15, 0.2) is 0 Å². The van der Waals surface area contributed by atoms with Gasteiger partial charge in [0.05, 0.1) is 23.2 Å². The molecule has 0 spiro atoms. The van der Waals surface area contributed by atoms with E-state index in [-0.39, 0.29) is 17.9 Å². The van der Waals surface area contributed by atoms with Crippen LogP contribution in [-0.4, -0.2) is 38.8 Å². The number of carbonyl (C=O) groups is 1. The molecule has 0 saturated carbocycles. The average molecular weight is 406 g/mol. The van der Waals surface area contributed by atoms with Gasteiger partial charge in [-0.15, -0.1) is 0 Å². The highest BCUT2D eigenvalue weighted by Gasteiger charge is 2.29. The van der Waals surface area contributed by atoms with Crippen LogP contribution in [0.2, 0.25) is 0 Å². The van der Waals surface area contributed by atoms with Crippen LogP contribution in [0.5, 0.6) is 5.88 Å². The number of pyridine rings is 1. The highest BCUT2D eigenvalue weighted by molar-refractivity contribution is 5.86. The second kappa shape index (κ2) is 7.89. The summed E-state index contributed by atoms with van der Waals surface area (Å²) in [6, 6.07) is 8.13. The number of aromatic nitrogens is 3. The van der Waals surface area contributed by atoms with Gasteiger partial charge in [0.2, 0.25) is 11.8 Å². The Labute approximate surface area is 176 Å². The van der Waals surface area contributed by atoms with Crippen LogP contribution >= 0.6 is 0 Å². The minimum Gasteiger partial charge on any atom is -0.473 e. The van der Waals surface area contributed by atoms with E-state index in [1.807, 2.05) is 57.5 Å². The molecule has 156 valence electrons. The van der Waals surface area contributed by atoms with Crippen LogP contribution in [0.4, 0.5) is 5.69 Å². The second-order valence-electron chi connectivity index (χ2n) is 8.19. The Kier molecular flexibility index (Phi) is 5.28. The van der Waals surface area contributed by atoms with Crippen LogP contribution in [0.3, 0.4) is 0 Å². The molecular weight excluding hydrogens is 378 g/mol. The van der Waals surface area contributed by atoms with Crippen molar-refractivity contribution in [2.24, 2.45) is 18.0 Å². The number of hydrogen-bond acceptors (Lipinski definition) is 5. The molecule has 1 aliphatic rings. The van der Waals surface area contributed by atoms with Crippen LogP contribution < -0.4 is 10.1 Å². The van der Waals surface area contributed by atoms with E-state index < -0.39 is 0 Å². The number of rotatable bonds is 5. The fourth-order valence-electron chi connectivity index (χ4n) is 3.73. The highest BCUT2D eigenvalue weighted by atomic mass is 16.5. The predicted octanol–water partition coefficient (Wildman–Crippen LogP) is 3.96. The lowest BCUT2D eigenvalue weighted by Gasteiger charge is -2.20. The van der Waals surface area contributed by atoms with E-state index in [0.29, 0.717) is 18.8 Å². The summed E-state index contributed by atoms with van der Waals surface area (Å²) in [4.78, 5) is 25.6. The summed E-state index contributed by atoms with van der Waals surface area (Å²) in [5, 5.41) is 2.87. The monoisotopic (exact) mass is 405 g/mol. The van der Waals surface area contributed by atoms with Crippen molar-refractivity contribution in [1.29, 1.82) is 0 Å². The number of hydrogen-bond donors (Lipinski definition) is 1. The van der Waals surface area contributed by atoms with Gasteiger partial charge in [0, 0.05) is 37.2 Å². The molecule has 7 heteroatoms. The van der Waals surface area contributed by atoms with Gasteiger partial charge >= 0.3 is 0 Å². The van der Waals surface area contributed by atoms with E-state index in [4.69, 9.17) is 9.72 Å². The lowest BCUT2D eigenvalue weighted by atomic mass is 10.0. The molecule has 1 fully saturated rings. The Balaban J connectivity index is 1.76. The zero-order chi connectivity index (χ0) is 21.4. The van der Waals surface area contributed by atoms with Gasteiger partial charge in [-0.2, -0.15) is 0 Å². The van der Waals surface area contributed by atoms with Gasteiger partial charge in [0.1, 0.15) is 11.6 Å². The first-order valence-corrected chi connectivity index (χ1v) is 10.2. The molecule has 2 atom stereocenters. The maximum absolute atomic E-state index is 11.6. The molecule has 1 aromatic carbocycles. The highest BCUT2D eigenvalue weighted by Crippen LogP contribution is 2.32. The first-order valence-electron chi connectivity index (χ1n) is 10.2. The van der Waals surface area contributed by atoms with Crippen molar-refractivity contribution >= 4 is 28.3 Å². The SMILES string of the molecule is CC(C)=Nc1cc(-c2cc3ncn(C)c3c(OC(C)C3CNC(=O)C3)n2)ccc1C. The topological polar surface area (TPSA) is 81.4 Å². The average Bonchev–Trinajstić information content (AvgIpc) is 3.29. The summed E-state index contributed by atoms with van der Waals surface area (Å²) < 4.78 is 8.20. The fraction of sp³-hybridized carbons (Fsp3) is 0.391. The van der Waals surface area contributed by atoms with E-state index in [0.717, 1.165) is 39.3 Å². The molecule has 1 aliphatic heterocycles. The third kappa shape index (κ3) is 3.92. The molecule has 2 aromatic heterocycles. The number of benzene rings is 1. The van der Waals surface area contributed by atoms with Crippen LogP contribution in [0.1, 0.15) is 32.8 Å². The van der Waals surface area contributed by atoms with Crippen LogP contribution in [-0.2, 0) is 11.8 Å². The lowest BCUT2D eigenvalue weighted by Crippen LogP contribution is -2.26. The molecule has 7 nitrogen and oxygen atoms in total. The Morgan fingerprint density at radius 2 is 2.13 bits per heavy atom. The van der Waals surface area contributed by atoms with Gasteiger partial charge < -0.3 is 14.6 Å². The maximum atomic E-state index is 11.6. The second-order valence-corrected chi connectivity index (χ2v) is 8.19. The van der Waals surface area contributed by atoms with Gasteiger partial charge in [-0.25, -0.2) is 9.97 Å². The number of fused-ring (bicyclic) bond motifs is 1. The van der Waals surface area contributed by atoms with E-state index in [9.17, 15) is 4.79 Å². The first-order chi connectivity index (χ1) is 14.3. The Hall–Kier alpha value is -3.22. The number of ether oxygens (including phenoxy) is 1. The predicted molar refractivity (Wildman–Crippen MR) is 118 cm³/mol. The van der Waals surface area contributed by atoms with Gasteiger partial charge in [0.25, 0.3) is 0 Å². The summed E-state index contributed by atoms with van der Waals surface area (Å²) in [6.45, 7) is 8.64. The van der Waals surface area contributed by atoms with Crippen LogP contribution in [0.25, 0.3) is 22.3 Å². The fourth-order valence-corrected chi connectivity index (χ4v) is 3.73. The minimum atomic E-state index is -0.147. The summed E-state index contributed by atoms with van der Waals surface area (Å²) >= 11 is 0. The standard InChI is InChI=1S/C23H27N5O2/c1-13(2)26-18-8-16(7-6-14(18)3)19-10-20-22(28(5)12-25-20)23(27-19)30-15(4)17-9-21(29)24-11-17/h6-8,10,12,15,17H,9,11H2,1-5H3,(H,24,29). The number of imidazole rings is 1. The summed E-state index contributed by atoms with van der Waals surface area (Å²) in [7, 11) is 1.93. The molecule has 3 aromatic rings. The third-order valence-corrected chi connectivity index (χ3v) is 5.48. The van der Waals surface area contributed by atoms with Crippen molar-refractivity contribution in [3.8, 4) is 17.1 Å². The summed E-state index contributed by atoms with van der Waals surface area (Å²) in [5.41, 5.74) is 6.46. The van der Waals surface area contributed by atoms with Crippen molar-refractivity contribution in [3.63, 3.8) is 0 Å². The zero-order valence-electron chi connectivity index (χ0n) is 18.1. The first kappa shape index (κ1) is 20.1. The molecule has 1 N–H and O–H groups in total. The Bertz CT molecular complexity index is 1140. The number of nitrogens with one attached hydrogen (secondary N) is 1. The Morgan fingerprint density at radius 3 is 2.83 bits per heavy atom. The molecule has 0 bridgehead atoms. The van der Waals surface area contributed by atoms with Crippen molar-refractivity contribution < 1.29 is 9.53 Å². The van der Waals surface area contributed by atoms with E-state index in [1.165, 1.54) is 0 Å². The van der Waals surface area contributed by atoms with Crippen LogP contribution in [0, 0.1) is 12.8 Å². The lowest BCUT2D eigenvalue weighted by molar-refractivity contribution is -0.119. The normalized spacial score (nSPS) is 17.1. The molecule has 4 rings (SSSR count). The van der Waals surface area contributed by atoms with E-state index in [1.54, 1.807) is 6.33 Å². The molecule has 0 aliphatic carbocycles. The summed E-state index contributed by atoms with van der Waals surface area (Å²) in [5.74, 6) is 0.729. The third-order valence-electron chi connectivity index (χ3n) is 5.48. The molecule has 30 heavy (non-hydrogen) atoms. The van der Waals surface area contributed by atoms with Crippen molar-refractivity contribution in [2.75, 3.05) is 6.54 Å². The van der Waals surface area contributed by atoms with Crippen molar-refractivity contribution in [2.45, 2.75) is 40.2 Å². The van der Waals surface area contributed by atoms with E-state index >= 15 is 0 Å².